The largest absolute Gasteiger partial charge is 0.491 e. The molecule has 0 radical (unpaired) electrons. The predicted octanol–water partition coefficient (Wildman–Crippen LogP) is 3.33. The Bertz CT molecular complexity index is 399. The molecule has 1 aromatic rings. The summed E-state index contributed by atoms with van der Waals surface area (Å²) in [5.41, 5.74) is 0.213. The van der Waals surface area contributed by atoms with Crippen molar-refractivity contribution in [2.24, 2.45) is 5.92 Å². The molecule has 0 bridgehead atoms. The molecule has 1 saturated carbocycles. The fraction of sp³-hybridized carbons (Fsp3) is 0.417. The summed E-state index contributed by atoms with van der Waals surface area (Å²) >= 11 is 3.31. The molecule has 0 unspecified atom stereocenters. The van der Waals surface area contributed by atoms with Crippen LogP contribution in [0.5, 0.6) is 5.75 Å². The highest BCUT2D eigenvalue weighted by atomic mass is 79.9. The van der Waals surface area contributed by atoms with Crippen LogP contribution in [0, 0.1) is 5.92 Å². The zero-order valence-corrected chi connectivity index (χ0v) is 10.4. The minimum atomic E-state index is -0.956. The molecule has 0 spiro atoms. The van der Waals surface area contributed by atoms with Crippen LogP contribution in [0.2, 0.25) is 0 Å². The van der Waals surface area contributed by atoms with Crippen LogP contribution in [0.15, 0.2) is 22.7 Å². The van der Waals surface area contributed by atoms with Crippen molar-refractivity contribution >= 4 is 21.9 Å². The van der Waals surface area contributed by atoms with Gasteiger partial charge < -0.3 is 9.84 Å². The van der Waals surface area contributed by atoms with E-state index in [9.17, 15) is 4.79 Å². The van der Waals surface area contributed by atoms with Crippen molar-refractivity contribution in [2.75, 3.05) is 6.61 Å². The van der Waals surface area contributed by atoms with Crippen LogP contribution in [0.25, 0.3) is 0 Å². The third kappa shape index (κ3) is 2.76. The Balaban J connectivity index is 2.06. The third-order valence-electron chi connectivity index (χ3n) is 2.67. The Kier molecular flexibility index (Phi) is 3.49. The highest BCUT2D eigenvalue weighted by Crippen LogP contribution is 2.34. The van der Waals surface area contributed by atoms with E-state index in [2.05, 4.69) is 15.9 Å². The lowest BCUT2D eigenvalue weighted by Crippen LogP contribution is -2.05. The van der Waals surface area contributed by atoms with Crippen LogP contribution >= 0.6 is 15.9 Å². The molecule has 1 aromatic carbocycles. The Hall–Kier alpha value is -1.03. The normalized spacial score (nSPS) is 14.8. The number of carbonyl (C=O) groups is 1. The maximum atomic E-state index is 11.0. The van der Waals surface area contributed by atoms with Gasteiger partial charge in [0.05, 0.1) is 11.1 Å². The van der Waals surface area contributed by atoms with Crippen molar-refractivity contribution in [2.45, 2.75) is 19.3 Å². The van der Waals surface area contributed by atoms with Crippen LogP contribution in [-0.4, -0.2) is 17.7 Å². The Morgan fingerprint density at radius 2 is 2.25 bits per heavy atom. The summed E-state index contributed by atoms with van der Waals surface area (Å²) in [6.07, 6.45) is 3.58. The molecule has 3 nitrogen and oxygen atoms in total. The molecule has 0 saturated heterocycles. The first-order valence-corrected chi connectivity index (χ1v) is 6.12. The number of carboxylic acids is 1. The quantitative estimate of drug-likeness (QED) is 0.902. The van der Waals surface area contributed by atoms with Crippen molar-refractivity contribution in [3.05, 3.63) is 28.2 Å². The van der Waals surface area contributed by atoms with Gasteiger partial charge in [-0.05, 0) is 40.4 Å². The van der Waals surface area contributed by atoms with Gasteiger partial charge in [0.15, 0.2) is 0 Å². The number of carboxylic acid groups (broad SMARTS) is 1. The summed E-state index contributed by atoms with van der Waals surface area (Å²) in [6, 6.07) is 5.04. The lowest BCUT2D eigenvalue weighted by molar-refractivity contribution is 0.0692. The van der Waals surface area contributed by atoms with Gasteiger partial charge >= 0.3 is 5.97 Å². The molecule has 16 heavy (non-hydrogen) atoms. The van der Waals surface area contributed by atoms with E-state index >= 15 is 0 Å². The van der Waals surface area contributed by atoms with Crippen LogP contribution in [0.1, 0.15) is 29.6 Å². The smallest absolute Gasteiger partial charge is 0.339 e. The molecule has 0 aromatic heterocycles. The summed E-state index contributed by atoms with van der Waals surface area (Å²) < 4.78 is 6.25. The van der Waals surface area contributed by atoms with E-state index in [4.69, 9.17) is 9.84 Å². The maximum absolute atomic E-state index is 11.0. The van der Waals surface area contributed by atoms with Crippen molar-refractivity contribution in [1.82, 2.24) is 0 Å². The second-order valence-corrected chi connectivity index (χ2v) is 4.86. The van der Waals surface area contributed by atoms with E-state index in [1.807, 2.05) is 0 Å². The fourth-order valence-electron chi connectivity index (χ4n) is 1.56. The molecule has 0 amide bonds. The molecule has 0 aliphatic heterocycles. The summed E-state index contributed by atoms with van der Waals surface area (Å²) in [6.45, 7) is 0.591. The maximum Gasteiger partial charge on any atom is 0.339 e. The average Bonchev–Trinajstić information content (AvgIpc) is 3.04. The van der Waals surface area contributed by atoms with Gasteiger partial charge in [-0.3, -0.25) is 0 Å². The minimum absolute atomic E-state index is 0.213. The number of rotatable bonds is 5. The second kappa shape index (κ2) is 4.87. The first kappa shape index (κ1) is 11.5. The van der Waals surface area contributed by atoms with Gasteiger partial charge in [0.25, 0.3) is 0 Å². The standard InChI is InChI=1S/C12H13BrO3/c13-10-3-1-2-9(12(14)15)11(10)16-7-6-8-4-5-8/h1-3,8H,4-7H2,(H,14,15). The zero-order chi connectivity index (χ0) is 11.5. The Morgan fingerprint density at radius 3 is 2.88 bits per heavy atom. The molecule has 1 fully saturated rings. The molecule has 2 rings (SSSR count). The van der Waals surface area contributed by atoms with E-state index in [1.165, 1.54) is 12.8 Å². The van der Waals surface area contributed by atoms with Crippen LogP contribution < -0.4 is 4.74 Å². The molecule has 0 atom stereocenters. The van der Waals surface area contributed by atoms with Crippen molar-refractivity contribution < 1.29 is 14.6 Å². The molecule has 86 valence electrons. The van der Waals surface area contributed by atoms with Gasteiger partial charge in [0.2, 0.25) is 0 Å². The monoisotopic (exact) mass is 284 g/mol. The van der Waals surface area contributed by atoms with Crippen molar-refractivity contribution in [3.8, 4) is 5.75 Å². The van der Waals surface area contributed by atoms with E-state index in [0.717, 1.165) is 12.3 Å². The molecular formula is C12H13BrO3. The van der Waals surface area contributed by atoms with E-state index in [-0.39, 0.29) is 5.56 Å². The van der Waals surface area contributed by atoms with Crippen LogP contribution in [-0.2, 0) is 0 Å². The molecule has 1 aliphatic rings. The molecule has 0 heterocycles. The molecule has 4 heteroatoms. The highest BCUT2D eigenvalue weighted by molar-refractivity contribution is 9.10. The van der Waals surface area contributed by atoms with Gasteiger partial charge in [-0.15, -0.1) is 0 Å². The number of hydrogen-bond acceptors (Lipinski definition) is 2. The minimum Gasteiger partial charge on any atom is -0.491 e. The van der Waals surface area contributed by atoms with Crippen molar-refractivity contribution in [3.63, 3.8) is 0 Å². The first-order chi connectivity index (χ1) is 7.68. The SMILES string of the molecule is O=C(O)c1cccc(Br)c1OCCC1CC1. The Morgan fingerprint density at radius 1 is 1.50 bits per heavy atom. The van der Waals surface area contributed by atoms with E-state index in [0.29, 0.717) is 16.8 Å². The molecular weight excluding hydrogens is 272 g/mol. The topological polar surface area (TPSA) is 46.5 Å². The fourth-order valence-corrected chi connectivity index (χ4v) is 2.04. The van der Waals surface area contributed by atoms with Gasteiger partial charge in [0, 0.05) is 0 Å². The summed E-state index contributed by atoms with van der Waals surface area (Å²) in [5.74, 6) is 0.272. The van der Waals surface area contributed by atoms with E-state index < -0.39 is 5.97 Å². The lowest BCUT2D eigenvalue weighted by atomic mass is 10.2. The van der Waals surface area contributed by atoms with Gasteiger partial charge in [-0.25, -0.2) is 4.79 Å². The van der Waals surface area contributed by atoms with E-state index in [1.54, 1.807) is 18.2 Å². The van der Waals surface area contributed by atoms with Gasteiger partial charge in [0.1, 0.15) is 11.3 Å². The number of ether oxygens (including phenoxy) is 1. The summed E-state index contributed by atoms with van der Waals surface area (Å²) in [5, 5.41) is 9.01. The molecule has 1 aliphatic carbocycles. The number of halogens is 1. The third-order valence-corrected chi connectivity index (χ3v) is 3.29. The number of benzene rings is 1. The zero-order valence-electron chi connectivity index (χ0n) is 8.78. The Labute approximate surface area is 103 Å². The van der Waals surface area contributed by atoms with Gasteiger partial charge in [-0.1, -0.05) is 18.9 Å². The second-order valence-electron chi connectivity index (χ2n) is 4.00. The van der Waals surface area contributed by atoms with Crippen LogP contribution in [0.4, 0.5) is 0 Å². The highest BCUT2D eigenvalue weighted by Gasteiger charge is 2.21. The number of hydrogen-bond donors (Lipinski definition) is 1. The molecule has 1 N–H and O–H groups in total. The lowest BCUT2D eigenvalue weighted by Gasteiger charge is -2.10. The first-order valence-electron chi connectivity index (χ1n) is 5.33. The number of para-hydroxylation sites is 1. The predicted molar refractivity (Wildman–Crippen MR) is 63.9 cm³/mol. The average molecular weight is 285 g/mol. The summed E-state index contributed by atoms with van der Waals surface area (Å²) in [7, 11) is 0. The van der Waals surface area contributed by atoms with Crippen molar-refractivity contribution in [1.29, 1.82) is 0 Å². The van der Waals surface area contributed by atoms with Gasteiger partial charge in [-0.2, -0.15) is 0 Å². The summed E-state index contributed by atoms with van der Waals surface area (Å²) in [4.78, 5) is 11.0. The number of aromatic carboxylic acids is 1. The van der Waals surface area contributed by atoms with Crippen LogP contribution in [0.3, 0.4) is 0 Å².